The fraction of sp³-hybridized carbons (Fsp3) is 0.0714. The summed E-state index contributed by atoms with van der Waals surface area (Å²) in [5.74, 6) is 0. The molecule has 2 aromatic rings. The zero-order valence-electron chi connectivity index (χ0n) is 9.37. The van der Waals surface area contributed by atoms with Gasteiger partial charge in [0, 0.05) is 10.7 Å². The maximum atomic E-state index is 9.06. The molecule has 17 heavy (non-hydrogen) atoms. The van der Waals surface area contributed by atoms with Crippen LogP contribution in [-0.4, -0.2) is 0 Å². The van der Waals surface area contributed by atoms with E-state index >= 15 is 0 Å². The van der Waals surface area contributed by atoms with Crippen molar-refractivity contribution in [3.05, 3.63) is 58.6 Å². The maximum absolute atomic E-state index is 9.06. The third-order valence-corrected chi connectivity index (χ3v) is 2.63. The summed E-state index contributed by atoms with van der Waals surface area (Å²) in [5, 5.41) is 12.9. The molecule has 0 aliphatic rings. The molecule has 3 heteroatoms. The summed E-state index contributed by atoms with van der Waals surface area (Å²) in [6.07, 6.45) is 0. The minimum Gasteiger partial charge on any atom is -0.354 e. The Labute approximate surface area is 105 Å². The van der Waals surface area contributed by atoms with Crippen LogP contribution in [-0.2, 0) is 0 Å². The average Bonchev–Trinajstić information content (AvgIpc) is 2.31. The van der Waals surface area contributed by atoms with Crippen molar-refractivity contribution in [3.8, 4) is 6.07 Å². The highest BCUT2D eigenvalue weighted by Gasteiger charge is 2.02. The molecule has 0 radical (unpaired) electrons. The Kier molecular flexibility index (Phi) is 3.32. The monoisotopic (exact) mass is 242 g/mol. The SMILES string of the molecule is Cc1ccc(Nc2cccc(Cl)c2)c(C#N)c1. The number of nitrogens with zero attached hydrogens (tertiary/aromatic N) is 1. The number of nitrogens with one attached hydrogen (secondary N) is 1. The van der Waals surface area contributed by atoms with E-state index in [4.69, 9.17) is 16.9 Å². The van der Waals surface area contributed by atoms with Gasteiger partial charge in [-0.2, -0.15) is 5.26 Å². The van der Waals surface area contributed by atoms with Crippen LogP contribution in [0.1, 0.15) is 11.1 Å². The molecular formula is C14H11ClN2. The molecule has 84 valence electrons. The minimum absolute atomic E-state index is 0.630. The molecule has 0 bridgehead atoms. The van der Waals surface area contributed by atoms with Crippen molar-refractivity contribution in [2.24, 2.45) is 0 Å². The Morgan fingerprint density at radius 1 is 1.18 bits per heavy atom. The number of benzene rings is 2. The molecular weight excluding hydrogens is 232 g/mol. The molecule has 0 saturated carbocycles. The van der Waals surface area contributed by atoms with Crippen LogP contribution in [0.4, 0.5) is 11.4 Å². The number of aryl methyl sites for hydroxylation is 1. The molecule has 0 heterocycles. The van der Waals surface area contributed by atoms with Crippen molar-refractivity contribution in [3.63, 3.8) is 0 Å². The topological polar surface area (TPSA) is 35.8 Å². The largest absolute Gasteiger partial charge is 0.354 e. The number of rotatable bonds is 2. The summed E-state index contributed by atoms with van der Waals surface area (Å²) in [6.45, 7) is 1.96. The van der Waals surface area contributed by atoms with E-state index in [1.807, 2.05) is 49.4 Å². The summed E-state index contributed by atoms with van der Waals surface area (Å²) in [4.78, 5) is 0. The normalized spacial score (nSPS) is 9.71. The van der Waals surface area contributed by atoms with Crippen LogP contribution in [0.15, 0.2) is 42.5 Å². The van der Waals surface area contributed by atoms with Gasteiger partial charge in [-0.05, 0) is 42.8 Å². The predicted molar refractivity (Wildman–Crippen MR) is 70.6 cm³/mol. The Hall–Kier alpha value is -1.98. The van der Waals surface area contributed by atoms with Crippen LogP contribution in [0.5, 0.6) is 0 Å². The Morgan fingerprint density at radius 3 is 2.71 bits per heavy atom. The molecule has 0 aliphatic heterocycles. The van der Waals surface area contributed by atoms with Crippen molar-refractivity contribution >= 4 is 23.0 Å². The molecule has 0 spiro atoms. The van der Waals surface area contributed by atoms with Crippen LogP contribution in [0, 0.1) is 18.3 Å². The summed E-state index contributed by atoms with van der Waals surface area (Å²) in [6, 6.07) is 15.3. The second kappa shape index (κ2) is 4.90. The van der Waals surface area contributed by atoms with E-state index in [2.05, 4.69) is 11.4 Å². The summed E-state index contributed by atoms with van der Waals surface area (Å²) >= 11 is 5.90. The van der Waals surface area contributed by atoms with Crippen molar-refractivity contribution in [1.29, 1.82) is 5.26 Å². The Balaban J connectivity index is 2.34. The van der Waals surface area contributed by atoms with E-state index < -0.39 is 0 Å². The van der Waals surface area contributed by atoms with Crippen molar-refractivity contribution in [1.82, 2.24) is 0 Å². The second-order valence-corrected chi connectivity index (χ2v) is 4.23. The lowest BCUT2D eigenvalue weighted by Gasteiger charge is -2.09. The lowest BCUT2D eigenvalue weighted by Crippen LogP contribution is -1.93. The van der Waals surface area contributed by atoms with Gasteiger partial charge in [-0.25, -0.2) is 0 Å². The average molecular weight is 243 g/mol. The molecule has 0 unspecified atom stereocenters. The standard InChI is InChI=1S/C14H11ClN2/c1-10-5-6-14(11(7-10)9-16)17-13-4-2-3-12(15)8-13/h2-8,17H,1H3. The molecule has 0 saturated heterocycles. The number of nitriles is 1. The first-order chi connectivity index (χ1) is 8.19. The van der Waals surface area contributed by atoms with E-state index in [1.54, 1.807) is 0 Å². The molecule has 0 atom stereocenters. The van der Waals surface area contributed by atoms with Gasteiger partial charge in [0.1, 0.15) is 6.07 Å². The minimum atomic E-state index is 0.630. The lowest BCUT2D eigenvalue weighted by molar-refractivity contribution is 1.40. The zero-order chi connectivity index (χ0) is 12.3. The van der Waals surface area contributed by atoms with E-state index in [1.165, 1.54) is 0 Å². The molecule has 0 amide bonds. The van der Waals surface area contributed by atoms with E-state index in [0.29, 0.717) is 10.6 Å². The molecule has 0 aromatic heterocycles. The summed E-state index contributed by atoms with van der Waals surface area (Å²) in [5.41, 5.74) is 3.36. The van der Waals surface area contributed by atoms with Gasteiger partial charge in [-0.15, -0.1) is 0 Å². The third kappa shape index (κ3) is 2.77. The van der Waals surface area contributed by atoms with Crippen LogP contribution in [0.2, 0.25) is 5.02 Å². The second-order valence-electron chi connectivity index (χ2n) is 3.80. The van der Waals surface area contributed by atoms with Crippen molar-refractivity contribution in [2.75, 3.05) is 5.32 Å². The molecule has 2 rings (SSSR count). The zero-order valence-corrected chi connectivity index (χ0v) is 10.1. The van der Waals surface area contributed by atoms with E-state index in [0.717, 1.165) is 16.9 Å². The van der Waals surface area contributed by atoms with Crippen LogP contribution >= 0.6 is 11.6 Å². The number of anilines is 2. The van der Waals surface area contributed by atoms with Gasteiger partial charge in [0.05, 0.1) is 11.3 Å². The highest BCUT2D eigenvalue weighted by Crippen LogP contribution is 2.23. The van der Waals surface area contributed by atoms with E-state index in [-0.39, 0.29) is 0 Å². The summed E-state index contributed by atoms with van der Waals surface area (Å²) in [7, 11) is 0. The maximum Gasteiger partial charge on any atom is 0.101 e. The predicted octanol–water partition coefficient (Wildman–Crippen LogP) is 4.26. The van der Waals surface area contributed by atoms with Crippen LogP contribution in [0.3, 0.4) is 0 Å². The Morgan fingerprint density at radius 2 is 2.00 bits per heavy atom. The first-order valence-corrected chi connectivity index (χ1v) is 5.60. The van der Waals surface area contributed by atoms with Gasteiger partial charge in [0.25, 0.3) is 0 Å². The smallest absolute Gasteiger partial charge is 0.101 e. The van der Waals surface area contributed by atoms with Gasteiger partial charge in [0.15, 0.2) is 0 Å². The Bertz CT molecular complexity index is 585. The van der Waals surface area contributed by atoms with Gasteiger partial charge >= 0.3 is 0 Å². The quantitative estimate of drug-likeness (QED) is 0.854. The van der Waals surface area contributed by atoms with Crippen molar-refractivity contribution < 1.29 is 0 Å². The first kappa shape index (κ1) is 11.5. The van der Waals surface area contributed by atoms with Gasteiger partial charge in [-0.1, -0.05) is 23.7 Å². The third-order valence-electron chi connectivity index (χ3n) is 2.40. The fourth-order valence-corrected chi connectivity index (χ4v) is 1.77. The summed E-state index contributed by atoms with van der Waals surface area (Å²) < 4.78 is 0. The van der Waals surface area contributed by atoms with Crippen molar-refractivity contribution in [2.45, 2.75) is 6.92 Å². The molecule has 2 aromatic carbocycles. The number of hydrogen-bond donors (Lipinski definition) is 1. The number of hydrogen-bond acceptors (Lipinski definition) is 2. The first-order valence-electron chi connectivity index (χ1n) is 5.22. The molecule has 0 aliphatic carbocycles. The van der Waals surface area contributed by atoms with E-state index in [9.17, 15) is 0 Å². The molecule has 1 N–H and O–H groups in total. The van der Waals surface area contributed by atoms with Crippen LogP contribution < -0.4 is 5.32 Å². The van der Waals surface area contributed by atoms with Gasteiger partial charge in [-0.3, -0.25) is 0 Å². The van der Waals surface area contributed by atoms with Gasteiger partial charge < -0.3 is 5.32 Å². The fourth-order valence-electron chi connectivity index (χ4n) is 1.58. The molecule has 0 fully saturated rings. The number of halogens is 1. The highest BCUT2D eigenvalue weighted by molar-refractivity contribution is 6.30. The van der Waals surface area contributed by atoms with Gasteiger partial charge in [0.2, 0.25) is 0 Å². The van der Waals surface area contributed by atoms with Crippen LogP contribution in [0.25, 0.3) is 0 Å². The molecule has 2 nitrogen and oxygen atoms in total. The lowest BCUT2D eigenvalue weighted by atomic mass is 10.1. The highest BCUT2D eigenvalue weighted by atomic mass is 35.5.